The van der Waals surface area contributed by atoms with E-state index in [1.807, 2.05) is 31.0 Å². The molecule has 2 aromatic carbocycles. The van der Waals surface area contributed by atoms with Crippen molar-refractivity contribution in [3.05, 3.63) is 69.7 Å². The van der Waals surface area contributed by atoms with Crippen molar-refractivity contribution in [3.63, 3.8) is 0 Å². The van der Waals surface area contributed by atoms with Crippen molar-refractivity contribution in [3.8, 4) is 0 Å². The molecule has 0 N–H and O–H groups in total. The van der Waals surface area contributed by atoms with Gasteiger partial charge in [-0.2, -0.15) is 0 Å². The number of hydrogen-bond acceptors (Lipinski definition) is 2. The van der Waals surface area contributed by atoms with Crippen molar-refractivity contribution in [2.24, 2.45) is 0 Å². The highest BCUT2D eigenvalue weighted by Crippen LogP contribution is 2.20. The number of benzene rings is 2. The minimum Gasteiger partial charge on any atom is -0.337 e. The molecule has 3 nitrogen and oxygen atoms in total. The number of rotatable bonds is 4. The van der Waals surface area contributed by atoms with Gasteiger partial charge < -0.3 is 4.90 Å². The number of hydrogen-bond donors (Lipinski definition) is 0. The summed E-state index contributed by atoms with van der Waals surface area (Å²) in [5.74, 6) is 0.212. The fourth-order valence-electron chi connectivity index (χ4n) is 3.15. The molecule has 1 unspecified atom stereocenters. The van der Waals surface area contributed by atoms with Crippen molar-refractivity contribution in [1.82, 2.24) is 9.80 Å². The Balaban J connectivity index is 1.63. The highest BCUT2D eigenvalue weighted by Gasteiger charge is 2.26. The Morgan fingerprint density at radius 2 is 1.83 bits per heavy atom. The summed E-state index contributed by atoms with van der Waals surface area (Å²) in [5, 5.41) is 0. The molecule has 0 saturated heterocycles. The summed E-state index contributed by atoms with van der Waals surface area (Å²) in [6.07, 6.45) is 0.949. The summed E-state index contributed by atoms with van der Waals surface area (Å²) in [6.45, 7) is 4.31. The van der Waals surface area contributed by atoms with Gasteiger partial charge >= 0.3 is 0 Å². The highest BCUT2D eigenvalue weighted by atomic mass is 79.9. The van der Waals surface area contributed by atoms with Gasteiger partial charge in [0.15, 0.2) is 0 Å². The second-order valence-corrected chi connectivity index (χ2v) is 7.41. The summed E-state index contributed by atoms with van der Waals surface area (Å²) >= 11 is 3.45. The Hall–Kier alpha value is -1.65. The fourth-order valence-corrected chi connectivity index (χ4v) is 3.42. The van der Waals surface area contributed by atoms with Gasteiger partial charge in [0.05, 0.1) is 6.04 Å². The quantitative estimate of drug-likeness (QED) is 0.796. The minimum atomic E-state index is -0.126. The lowest BCUT2D eigenvalue weighted by Crippen LogP contribution is -2.47. The standard InChI is InChI=1S/C20H23BrN2O/c1-15(22(2)13-16-7-9-19(21)10-8-16)20(24)23-12-11-17-5-3-4-6-18(17)14-23/h3-10,15H,11-14H2,1-2H3. The molecular formula is C20H23BrN2O. The molecular weight excluding hydrogens is 364 g/mol. The van der Waals surface area contributed by atoms with Crippen LogP contribution in [0.1, 0.15) is 23.6 Å². The van der Waals surface area contributed by atoms with Crippen molar-refractivity contribution < 1.29 is 4.79 Å². The van der Waals surface area contributed by atoms with Gasteiger partial charge in [0, 0.05) is 24.1 Å². The van der Waals surface area contributed by atoms with Crippen molar-refractivity contribution in [1.29, 1.82) is 0 Å². The molecule has 4 heteroatoms. The van der Waals surface area contributed by atoms with Crippen LogP contribution < -0.4 is 0 Å². The zero-order valence-electron chi connectivity index (χ0n) is 14.2. The Morgan fingerprint density at radius 1 is 1.17 bits per heavy atom. The zero-order chi connectivity index (χ0) is 17.1. The summed E-state index contributed by atoms with van der Waals surface area (Å²) in [6, 6.07) is 16.6. The number of nitrogens with zero attached hydrogens (tertiary/aromatic N) is 2. The number of amides is 1. The number of fused-ring (bicyclic) bond motifs is 1. The lowest BCUT2D eigenvalue weighted by atomic mass is 9.99. The molecule has 0 bridgehead atoms. The molecule has 0 saturated carbocycles. The molecule has 0 spiro atoms. The third kappa shape index (κ3) is 3.87. The van der Waals surface area contributed by atoms with E-state index in [1.165, 1.54) is 16.7 Å². The predicted octanol–water partition coefficient (Wildman–Crippen LogP) is 3.85. The normalized spacial score (nSPS) is 15.2. The first kappa shape index (κ1) is 17.2. The molecule has 1 amide bonds. The first-order valence-electron chi connectivity index (χ1n) is 8.35. The van der Waals surface area contributed by atoms with Crippen LogP contribution in [0.2, 0.25) is 0 Å². The van der Waals surface area contributed by atoms with Gasteiger partial charge in [-0.15, -0.1) is 0 Å². The average molecular weight is 387 g/mol. The van der Waals surface area contributed by atoms with Gasteiger partial charge in [0.25, 0.3) is 0 Å². The molecule has 0 radical (unpaired) electrons. The summed E-state index contributed by atoms with van der Waals surface area (Å²) < 4.78 is 1.07. The van der Waals surface area contributed by atoms with Crippen LogP contribution in [0.15, 0.2) is 53.0 Å². The molecule has 24 heavy (non-hydrogen) atoms. The lowest BCUT2D eigenvalue weighted by molar-refractivity contribution is -0.137. The molecule has 126 valence electrons. The van der Waals surface area contributed by atoms with Gasteiger partial charge in [-0.3, -0.25) is 9.69 Å². The number of carbonyl (C=O) groups excluding carboxylic acids is 1. The van der Waals surface area contributed by atoms with Crippen molar-refractivity contribution in [2.45, 2.75) is 32.5 Å². The van der Waals surface area contributed by atoms with E-state index in [0.29, 0.717) is 0 Å². The molecule has 2 aromatic rings. The molecule has 1 aliphatic rings. The van der Waals surface area contributed by atoms with E-state index in [1.54, 1.807) is 0 Å². The maximum Gasteiger partial charge on any atom is 0.239 e. The van der Waals surface area contributed by atoms with Crippen LogP contribution in [-0.4, -0.2) is 35.3 Å². The average Bonchev–Trinajstić information content (AvgIpc) is 2.62. The van der Waals surface area contributed by atoms with E-state index in [2.05, 4.69) is 57.2 Å². The third-order valence-corrected chi connectivity index (χ3v) is 5.33. The maximum atomic E-state index is 12.9. The first-order chi connectivity index (χ1) is 11.5. The third-order valence-electron chi connectivity index (χ3n) is 4.81. The number of carbonyl (C=O) groups is 1. The van der Waals surface area contributed by atoms with E-state index >= 15 is 0 Å². The lowest BCUT2D eigenvalue weighted by Gasteiger charge is -2.33. The van der Waals surface area contributed by atoms with Gasteiger partial charge in [0.2, 0.25) is 5.91 Å². The van der Waals surface area contributed by atoms with Gasteiger partial charge in [-0.1, -0.05) is 52.3 Å². The van der Waals surface area contributed by atoms with Crippen LogP contribution in [0.5, 0.6) is 0 Å². The Kier molecular flexibility index (Phi) is 5.36. The smallest absolute Gasteiger partial charge is 0.239 e. The molecule has 1 atom stereocenters. The molecule has 0 aromatic heterocycles. The summed E-state index contributed by atoms with van der Waals surface area (Å²) in [7, 11) is 2.02. The van der Waals surface area contributed by atoms with Crippen LogP contribution in [-0.2, 0) is 24.3 Å². The second-order valence-electron chi connectivity index (χ2n) is 6.50. The summed E-state index contributed by atoms with van der Waals surface area (Å²) in [5.41, 5.74) is 3.86. The monoisotopic (exact) mass is 386 g/mol. The van der Waals surface area contributed by atoms with E-state index in [0.717, 1.165) is 30.5 Å². The van der Waals surface area contributed by atoms with Crippen LogP contribution >= 0.6 is 15.9 Å². The SMILES string of the molecule is CC(C(=O)N1CCc2ccccc2C1)N(C)Cc1ccc(Br)cc1. The fraction of sp³-hybridized carbons (Fsp3) is 0.350. The van der Waals surface area contributed by atoms with Crippen LogP contribution in [0, 0.1) is 0 Å². The van der Waals surface area contributed by atoms with E-state index in [-0.39, 0.29) is 11.9 Å². The molecule has 3 rings (SSSR count). The largest absolute Gasteiger partial charge is 0.337 e. The van der Waals surface area contributed by atoms with Crippen molar-refractivity contribution >= 4 is 21.8 Å². The van der Waals surface area contributed by atoms with Crippen LogP contribution in [0.25, 0.3) is 0 Å². The van der Waals surface area contributed by atoms with Gasteiger partial charge in [0.1, 0.15) is 0 Å². The molecule has 0 aliphatic carbocycles. The van der Waals surface area contributed by atoms with E-state index < -0.39 is 0 Å². The molecule has 1 heterocycles. The number of likely N-dealkylation sites (N-methyl/N-ethyl adjacent to an activating group) is 1. The Bertz CT molecular complexity index is 714. The highest BCUT2D eigenvalue weighted by molar-refractivity contribution is 9.10. The van der Waals surface area contributed by atoms with Crippen LogP contribution in [0.3, 0.4) is 0 Å². The maximum absolute atomic E-state index is 12.9. The Labute approximate surface area is 152 Å². The summed E-state index contributed by atoms with van der Waals surface area (Å²) in [4.78, 5) is 17.0. The topological polar surface area (TPSA) is 23.6 Å². The van der Waals surface area contributed by atoms with E-state index in [4.69, 9.17) is 0 Å². The van der Waals surface area contributed by atoms with E-state index in [9.17, 15) is 4.79 Å². The molecule has 0 fully saturated rings. The minimum absolute atomic E-state index is 0.126. The molecule has 1 aliphatic heterocycles. The predicted molar refractivity (Wildman–Crippen MR) is 101 cm³/mol. The second kappa shape index (κ2) is 7.49. The van der Waals surface area contributed by atoms with Crippen molar-refractivity contribution in [2.75, 3.05) is 13.6 Å². The first-order valence-corrected chi connectivity index (χ1v) is 9.14. The van der Waals surface area contributed by atoms with Gasteiger partial charge in [-0.05, 0) is 49.2 Å². The van der Waals surface area contributed by atoms with Gasteiger partial charge in [-0.25, -0.2) is 0 Å². The zero-order valence-corrected chi connectivity index (χ0v) is 15.8. The van der Waals surface area contributed by atoms with Crippen LogP contribution in [0.4, 0.5) is 0 Å². The Morgan fingerprint density at radius 3 is 2.54 bits per heavy atom. The number of halogens is 1.